The molecule has 3 nitrogen and oxygen atoms in total. The number of benzene rings is 1. The second-order valence-electron chi connectivity index (χ2n) is 5.25. The maximum absolute atomic E-state index is 5.38. The molecule has 3 rings (SSSR count). The highest BCUT2D eigenvalue weighted by Crippen LogP contribution is 2.21. The van der Waals surface area contributed by atoms with Crippen molar-refractivity contribution >= 4 is 5.69 Å². The Morgan fingerprint density at radius 2 is 1.56 bits per heavy atom. The molecule has 0 bridgehead atoms. The highest BCUT2D eigenvalue weighted by atomic mass is 16.5. The lowest BCUT2D eigenvalue weighted by atomic mass is 10.2. The normalized spacial score (nSPS) is 21.4. The van der Waals surface area contributed by atoms with Gasteiger partial charge in [0.05, 0.1) is 13.2 Å². The molecule has 0 aliphatic carbocycles. The van der Waals surface area contributed by atoms with E-state index in [0.29, 0.717) is 0 Å². The van der Waals surface area contributed by atoms with Crippen LogP contribution in [-0.2, 0) is 11.3 Å². The van der Waals surface area contributed by atoms with E-state index in [-0.39, 0.29) is 0 Å². The molecule has 0 spiro atoms. The molecule has 2 fully saturated rings. The largest absolute Gasteiger partial charge is 0.379 e. The van der Waals surface area contributed by atoms with Gasteiger partial charge in [0.15, 0.2) is 0 Å². The van der Waals surface area contributed by atoms with Crippen molar-refractivity contribution in [1.29, 1.82) is 0 Å². The van der Waals surface area contributed by atoms with E-state index in [1.165, 1.54) is 37.2 Å². The van der Waals surface area contributed by atoms with E-state index in [2.05, 4.69) is 34.1 Å². The van der Waals surface area contributed by atoms with Gasteiger partial charge in [0, 0.05) is 38.4 Å². The van der Waals surface area contributed by atoms with Gasteiger partial charge in [0.25, 0.3) is 0 Å². The van der Waals surface area contributed by atoms with Gasteiger partial charge in [-0.3, -0.25) is 4.90 Å². The van der Waals surface area contributed by atoms with E-state index < -0.39 is 0 Å². The van der Waals surface area contributed by atoms with Crippen LogP contribution in [0, 0.1) is 0 Å². The van der Waals surface area contributed by atoms with Gasteiger partial charge in [-0.05, 0) is 30.5 Å². The second-order valence-corrected chi connectivity index (χ2v) is 5.25. The molecule has 2 heterocycles. The summed E-state index contributed by atoms with van der Waals surface area (Å²) < 4.78 is 5.38. The minimum Gasteiger partial charge on any atom is -0.379 e. The molecule has 0 N–H and O–H groups in total. The Morgan fingerprint density at radius 3 is 2.22 bits per heavy atom. The molecule has 2 aliphatic rings. The summed E-state index contributed by atoms with van der Waals surface area (Å²) in [4.78, 5) is 4.95. The number of hydrogen-bond acceptors (Lipinski definition) is 3. The van der Waals surface area contributed by atoms with Crippen LogP contribution in [0.1, 0.15) is 18.4 Å². The highest BCUT2D eigenvalue weighted by molar-refractivity contribution is 5.48. The van der Waals surface area contributed by atoms with Crippen molar-refractivity contribution in [2.75, 3.05) is 44.3 Å². The van der Waals surface area contributed by atoms with Crippen molar-refractivity contribution in [1.82, 2.24) is 4.90 Å². The van der Waals surface area contributed by atoms with Crippen molar-refractivity contribution in [3.8, 4) is 0 Å². The summed E-state index contributed by atoms with van der Waals surface area (Å²) in [6, 6.07) is 9.12. The summed E-state index contributed by atoms with van der Waals surface area (Å²) in [5.74, 6) is 0. The summed E-state index contributed by atoms with van der Waals surface area (Å²) in [6.07, 6.45) is 2.69. The SMILES string of the molecule is c1cc(N2CCCC2)ccc1CN1CCOCC1. The third kappa shape index (κ3) is 2.85. The Labute approximate surface area is 109 Å². The van der Waals surface area contributed by atoms with Crippen LogP contribution >= 0.6 is 0 Å². The lowest BCUT2D eigenvalue weighted by Crippen LogP contribution is -2.35. The number of morpholine rings is 1. The maximum atomic E-state index is 5.38. The summed E-state index contributed by atoms with van der Waals surface area (Å²) in [7, 11) is 0. The van der Waals surface area contributed by atoms with E-state index in [1.807, 2.05) is 0 Å². The molecule has 0 atom stereocenters. The highest BCUT2D eigenvalue weighted by Gasteiger charge is 2.13. The van der Waals surface area contributed by atoms with Crippen LogP contribution in [0.5, 0.6) is 0 Å². The Hall–Kier alpha value is -1.06. The first kappa shape index (κ1) is 12.0. The molecule has 1 aromatic rings. The fraction of sp³-hybridized carbons (Fsp3) is 0.600. The molecule has 3 heteroatoms. The third-order valence-corrected chi connectivity index (χ3v) is 3.92. The fourth-order valence-electron chi connectivity index (χ4n) is 2.80. The zero-order valence-corrected chi connectivity index (χ0v) is 11.0. The number of hydrogen-bond donors (Lipinski definition) is 0. The van der Waals surface area contributed by atoms with E-state index in [4.69, 9.17) is 4.74 Å². The Balaban J connectivity index is 1.59. The van der Waals surface area contributed by atoms with Gasteiger partial charge in [-0.25, -0.2) is 0 Å². The van der Waals surface area contributed by atoms with Crippen LogP contribution in [0.15, 0.2) is 24.3 Å². The number of anilines is 1. The van der Waals surface area contributed by atoms with Crippen LogP contribution in [0.2, 0.25) is 0 Å². The maximum Gasteiger partial charge on any atom is 0.0594 e. The van der Waals surface area contributed by atoms with Crippen molar-refractivity contribution in [2.24, 2.45) is 0 Å². The van der Waals surface area contributed by atoms with Crippen molar-refractivity contribution in [2.45, 2.75) is 19.4 Å². The fourth-order valence-corrected chi connectivity index (χ4v) is 2.80. The number of nitrogens with zero attached hydrogens (tertiary/aromatic N) is 2. The van der Waals surface area contributed by atoms with Crippen molar-refractivity contribution in [3.05, 3.63) is 29.8 Å². The minimum absolute atomic E-state index is 0.881. The Morgan fingerprint density at radius 1 is 0.889 bits per heavy atom. The van der Waals surface area contributed by atoms with Gasteiger partial charge >= 0.3 is 0 Å². The Bertz CT molecular complexity index is 365. The smallest absolute Gasteiger partial charge is 0.0594 e. The zero-order valence-electron chi connectivity index (χ0n) is 11.0. The molecule has 2 saturated heterocycles. The first-order chi connectivity index (χ1) is 8.92. The van der Waals surface area contributed by atoms with Crippen LogP contribution in [0.4, 0.5) is 5.69 Å². The van der Waals surface area contributed by atoms with Crippen LogP contribution in [0.25, 0.3) is 0 Å². The molecule has 18 heavy (non-hydrogen) atoms. The predicted molar refractivity (Wildman–Crippen MR) is 74.0 cm³/mol. The van der Waals surface area contributed by atoms with Crippen molar-refractivity contribution < 1.29 is 4.74 Å². The molecule has 0 unspecified atom stereocenters. The van der Waals surface area contributed by atoms with E-state index in [0.717, 1.165) is 32.8 Å². The van der Waals surface area contributed by atoms with E-state index in [1.54, 1.807) is 0 Å². The molecule has 98 valence electrons. The van der Waals surface area contributed by atoms with Crippen LogP contribution in [-0.4, -0.2) is 44.3 Å². The summed E-state index contributed by atoms with van der Waals surface area (Å²) in [6.45, 7) is 7.40. The number of rotatable bonds is 3. The summed E-state index contributed by atoms with van der Waals surface area (Å²) in [5, 5.41) is 0. The van der Waals surface area contributed by atoms with E-state index >= 15 is 0 Å². The van der Waals surface area contributed by atoms with Crippen LogP contribution in [0.3, 0.4) is 0 Å². The number of ether oxygens (including phenoxy) is 1. The quantitative estimate of drug-likeness (QED) is 0.812. The molecular weight excluding hydrogens is 224 g/mol. The minimum atomic E-state index is 0.881. The zero-order chi connectivity index (χ0) is 12.2. The standard InChI is InChI=1S/C15H22N2O/c1-2-8-17(7-1)15-5-3-14(4-6-15)13-16-9-11-18-12-10-16/h3-6H,1-2,7-13H2. The average molecular weight is 246 g/mol. The molecule has 0 radical (unpaired) electrons. The van der Waals surface area contributed by atoms with Gasteiger partial charge in [-0.15, -0.1) is 0 Å². The molecule has 1 aromatic carbocycles. The first-order valence-corrected chi connectivity index (χ1v) is 7.06. The summed E-state index contributed by atoms with van der Waals surface area (Å²) in [5.41, 5.74) is 2.80. The van der Waals surface area contributed by atoms with Gasteiger partial charge in [0.1, 0.15) is 0 Å². The molecule has 0 aromatic heterocycles. The second kappa shape index (κ2) is 5.72. The van der Waals surface area contributed by atoms with Gasteiger partial charge in [-0.1, -0.05) is 12.1 Å². The van der Waals surface area contributed by atoms with E-state index in [9.17, 15) is 0 Å². The van der Waals surface area contributed by atoms with Gasteiger partial charge in [0.2, 0.25) is 0 Å². The third-order valence-electron chi connectivity index (χ3n) is 3.92. The van der Waals surface area contributed by atoms with Crippen LogP contribution < -0.4 is 4.90 Å². The van der Waals surface area contributed by atoms with Crippen molar-refractivity contribution in [3.63, 3.8) is 0 Å². The first-order valence-electron chi connectivity index (χ1n) is 7.06. The molecule has 2 aliphatic heterocycles. The summed E-state index contributed by atoms with van der Waals surface area (Å²) >= 11 is 0. The topological polar surface area (TPSA) is 15.7 Å². The predicted octanol–water partition coefficient (Wildman–Crippen LogP) is 2.12. The van der Waals surface area contributed by atoms with Gasteiger partial charge < -0.3 is 9.64 Å². The monoisotopic (exact) mass is 246 g/mol. The lowest BCUT2D eigenvalue weighted by molar-refractivity contribution is 0.0342. The lowest BCUT2D eigenvalue weighted by Gasteiger charge is -2.26. The average Bonchev–Trinajstić information content (AvgIpc) is 2.95. The molecule has 0 amide bonds. The Kier molecular flexibility index (Phi) is 3.81. The molecule has 0 saturated carbocycles. The molecular formula is C15H22N2O. The van der Waals surface area contributed by atoms with Gasteiger partial charge in [-0.2, -0.15) is 0 Å².